The molecule has 1 nitrogen and oxygen atoms in total. The zero-order valence-corrected chi connectivity index (χ0v) is 21.5. The molecule has 0 aliphatic rings. The van der Waals surface area contributed by atoms with Crippen molar-refractivity contribution in [2.75, 3.05) is 0 Å². The van der Waals surface area contributed by atoms with Gasteiger partial charge in [-0.05, 0) is 46.9 Å². The lowest BCUT2D eigenvalue weighted by Gasteiger charge is -2.20. The number of rotatable bonds is 7. The number of ether oxygens (including phenoxy) is 1. The van der Waals surface area contributed by atoms with E-state index in [0.717, 1.165) is 24.5 Å². The molecular weight excluding hydrogens is 578 g/mol. The number of aryl methyl sites for hydroxylation is 1. The van der Waals surface area contributed by atoms with Crippen LogP contribution in [0.25, 0.3) is 22.3 Å². The maximum absolute atomic E-state index is 15.0. The molecule has 0 aliphatic heterocycles. The van der Waals surface area contributed by atoms with Crippen molar-refractivity contribution in [1.82, 2.24) is 0 Å². The molecule has 4 rings (SSSR count). The van der Waals surface area contributed by atoms with Gasteiger partial charge in [0.05, 0.1) is 5.56 Å². The fourth-order valence-corrected chi connectivity index (χ4v) is 4.15. The second-order valence-corrected chi connectivity index (χ2v) is 9.08. The van der Waals surface area contributed by atoms with Crippen LogP contribution in [0.5, 0.6) is 5.75 Å². The minimum atomic E-state index is -5.09. The summed E-state index contributed by atoms with van der Waals surface area (Å²) in [5, 5.41) is 0. The molecule has 0 unspecified atom stereocenters. The summed E-state index contributed by atoms with van der Waals surface area (Å²) in [7, 11) is 0. The number of hydrogen-bond acceptors (Lipinski definition) is 1. The number of hydrogen-bond donors (Lipinski definition) is 0. The standard InChI is InChI=1S/C31H18F10O/c1-2-3-17-4-6-18(7-5-17)19-8-9-22(24(32)12-19)20-13-27(35)29(28(36)14-20)31(40,41)42-21-15-25(33)23(26(34)16-21)10-11-30(37,38)39/h4-9,12-16H,2-3H2,1H3. The lowest BCUT2D eigenvalue weighted by Crippen LogP contribution is -2.25. The molecule has 0 radical (unpaired) electrons. The Kier molecular flexibility index (Phi) is 8.57. The molecule has 0 spiro atoms. The predicted octanol–water partition coefficient (Wildman–Crippen LogP) is 9.71. The molecule has 0 heterocycles. The van der Waals surface area contributed by atoms with Crippen molar-refractivity contribution in [2.45, 2.75) is 32.1 Å². The normalized spacial score (nSPS) is 11.7. The molecule has 0 N–H and O–H groups in total. The Morgan fingerprint density at radius 3 is 1.71 bits per heavy atom. The summed E-state index contributed by atoms with van der Waals surface area (Å²) in [4.78, 5) is 0. The molecule has 0 amide bonds. The average Bonchev–Trinajstić information content (AvgIpc) is 2.87. The van der Waals surface area contributed by atoms with Gasteiger partial charge in [0, 0.05) is 23.6 Å². The van der Waals surface area contributed by atoms with Crippen molar-refractivity contribution in [3.05, 3.63) is 113 Å². The monoisotopic (exact) mass is 596 g/mol. The van der Waals surface area contributed by atoms with Crippen LogP contribution in [0.15, 0.2) is 66.7 Å². The highest BCUT2D eigenvalue weighted by atomic mass is 19.4. The largest absolute Gasteiger partial charge is 0.458 e. The van der Waals surface area contributed by atoms with Crippen molar-refractivity contribution in [3.8, 4) is 39.8 Å². The van der Waals surface area contributed by atoms with Crippen LogP contribution >= 0.6 is 0 Å². The van der Waals surface area contributed by atoms with Gasteiger partial charge in [-0.25, -0.2) is 22.0 Å². The quantitative estimate of drug-likeness (QED) is 0.153. The minimum Gasteiger partial charge on any atom is -0.429 e. The van der Waals surface area contributed by atoms with Crippen molar-refractivity contribution in [3.63, 3.8) is 0 Å². The van der Waals surface area contributed by atoms with E-state index in [0.29, 0.717) is 29.2 Å². The molecule has 0 atom stereocenters. The summed E-state index contributed by atoms with van der Waals surface area (Å²) in [5.41, 5.74) is -1.81. The molecule has 4 aromatic rings. The van der Waals surface area contributed by atoms with Crippen LogP contribution in [0, 0.1) is 40.9 Å². The second-order valence-electron chi connectivity index (χ2n) is 9.08. The van der Waals surface area contributed by atoms with Crippen molar-refractivity contribution >= 4 is 0 Å². The van der Waals surface area contributed by atoms with Gasteiger partial charge >= 0.3 is 12.3 Å². The Morgan fingerprint density at radius 2 is 1.19 bits per heavy atom. The van der Waals surface area contributed by atoms with E-state index in [1.54, 1.807) is 12.1 Å². The van der Waals surface area contributed by atoms with Gasteiger partial charge in [0.2, 0.25) is 0 Å². The van der Waals surface area contributed by atoms with E-state index < -0.39 is 63.8 Å². The van der Waals surface area contributed by atoms with Gasteiger partial charge in [-0.1, -0.05) is 55.7 Å². The summed E-state index contributed by atoms with van der Waals surface area (Å²) >= 11 is 0. The average molecular weight is 596 g/mol. The SMILES string of the molecule is CCCc1ccc(-c2ccc(-c3cc(F)c(C(F)(F)Oc4cc(F)c(C#CC(F)(F)F)c(F)c4)c(F)c3)c(F)c2)cc1. The smallest absolute Gasteiger partial charge is 0.429 e. The first kappa shape index (κ1) is 30.5. The molecule has 0 aromatic heterocycles. The highest BCUT2D eigenvalue weighted by Gasteiger charge is 2.41. The van der Waals surface area contributed by atoms with Gasteiger partial charge in [-0.15, -0.1) is 0 Å². The van der Waals surface area contributed by atoms with Crippen LogP contribution < -0.4 is 4.74 Å². The van der Waals surface area contributed by atoms with Crippen LogP contribution in [-0.2, 0) is 12.5 Å². The van der Waals surface area contributed by atoms with E-state index in [9.17, 15) is 43.9 Å². The maximum Gasteiger partial charge on any atom is 0.458 e. The number of alkyl halides is 5. The molecule has 0 fully saturated rings. The van der Waals surface area contributed by atoms with E-state index in [4.69, 9.17) is 0 Å². The van der Waals surface area contributed by atoms with E-state index >= 15 is 0 Å². The van der Waals surface area contributed by atoms with Gasteiger partial charge in [0.1, 0.15) is 40.4 Å². The van der Waals surface area contributed by atoms with E-state index in [1.807, 2.05) is 19.1 Å². The van der Waals surface area contributed by atoms with Gasteiger partial charge < -0.3 is 4.74 Å². The highest BCUT2D eigenvalue weighted by Crippen LogP contribution is 2.38. The van der Waals surface area contributed by atoms with Crippen LogP contribution in [0.4, 0.5) is 43.9 Å². The molecule has 11 heteroatoms. The van der Waals surface area contributed by atoms with Crippen molar-refractivity contribution in [2.24, 2.45) is 0 Å². The van der Waals surface area contributed by atoms with Crippen LogP contribution in [0.3, 0.4) is 0 Å². The Labute approximate surface area is 233 Å². The topological polar surface area (TPSA) is 9.23 Å². The fourth-order valence-electron chi connectivity index (χ4n) is 4.15. The Balaban J connectivity index is 1.61. The molecule has 4 aromatic carbocycles. The van der Waals surface area contributed by atoms with Gasteiger partial charge in [-0.3, -0.25) is 0 Å². The predicted molar refractivity (Wildman–Crippen MR) is 135 cm³/mol. The van der Waals surface area contributed by atoms with Gasteiger partial charge in [0.15, 0.2) is 0 Å². The molecule has 0 bridgehead atoms. The Morgan fingerprint density at radius 1 is 0.643 bits per heavy atom. The summed E-state index contributed by atoms with van der Waals surface area (Å²) in [6.45, 7) is 2.03. The first-order valence-corrected chi connectivity index (χ1v) is 12.2. The van der Waals surface area contributed by atoms with Gasteiger partial charge in [0.25, 0.3) is 0 Å². The van der Waals surface area contributed by atoms with Crippen molar-refractivity contribution in [1.29, 1.82) is 0 Å². The summed E-state index contributed by atoms with van der Waals surface area (Å²) in [6, 6.07) is 12.2. The molecule has 218 valence electrons. The number of halogens is 10. The maximum atomic E-state index is 15.0. The minimum absolute atomic E-state index is 0.0792. The van der Waals surface area contributed by atoms with Crippen LogP contribution in [-0.4, -0.2) is 6.18 Å². The summed E-state index contributed by atoms with van der Waals surface area (Å²) in [6.07, 6.45) is -8.13. The Hall–Kier alpha value is -4.46. The van der Waals surface area contributed by atoms with Crippen LogP contribution in [0.1, 0.15) is 30.0 Å². The van der Waals surface area contributed by atoms with E-state index in [-0.39, 0.29) is 17.7 Å². The lowest BCUT2D eigenvalue weighted by molar-refractivity contribution is -0.189. The molecular formula is C31H18F10O. The van der Waals surface area contributed by atoms with Crippen LogP contribution in [0.2, 0.25) is 0 Å². The lowest BCUT2D eigenvalue weighted by atomic mass is 9.97. The van der Waals surface area contributed by atoms with Gasteiger partial charge in [-0.2, -0.15) is 22.0 Å². The van der Waals surface area contributed by atoms with E-state index in [1.165, 1.54) is 18.1 Å². The fraction of sp³-hybridized carbons (Fsp3) is 0.161. The third kappa shape index (κ3) is 6.87. The zero-order valence-electron chi connectivity index (χ0n) is 21.5. The molecule has 0 aliphatic carbocycles. The van der Waals surface area contributed by atoms with E-state index in [2.05, 4.69) is 4.74 Å². The first-order valence-electron chi connectivity index (χ1n) is 12.2. The third-order valence-corrected chi connectivity index (χ3v) is 6.03. The third-order valence-electron chi connectivity index (χ3n) is 6.03. The summed E-state index contributed by atoms with van der Waals surface area (Å²) in [5.74, 6) is -7.67. The molecule has 0 saturated carbocycles. The Bertz CT molecular complexity index is 1630. The zero-order chi connectivity index (χ0) is 30.8. The summed E-state index contributed by atoms with van der Waals surface area (Å²) < 4.78 is 143. The molecule has 42 heavy (non-hydrogen) atoms. The number of benzene rings is 4. The molecule has 0 saturated heterocycles. The van der Waals surface area contributed by atoms with Crippen molar-refractivity contribution < 1.29 is 48.6 Å². The first-order chi connectivity index (χ1) is 19.7. The highest BCUT2D eigenvalue weighted by molar-refractivity contribution is 5.71. The second kappa shape index (κ2) is 11.8.